The van der Waals surface area contributed by atoms with E-state index in [1.807, 2.05) is 7.05 Å². The van der Waals surface area contributed by atoms with Crippen molar-refractivity contribution in [2.24, 2.45) is 7.05 Å². The smallest absolute Gasteiger partial charge is 0.0669 e. The minimum atomic E-state index is 0.754. The first kappa shape index (κ1) is 12.6. The molecule has 1 aromatic rings. The lowest BCUT2D eigenvalue weighted by Gasteiger charge is -2.22. The highest BCUT2D eigenvalue weighted by molar-refractivity contribution is 5.28. The number of nitrogens with one attached hydrogen (secondary N) is 1. The summed E-state index contributed by atoms with van der Waals surface area (Å²) in [5.74, 6) is 0.754. The number of hydrogen-bond donors (Lipinski definition) is 1. The van der Waals surface area contributed by atoms with Gasteiger partial charge in [-0.1, -0.05) is 19.3 Å². The Bertz CT molecular complexity index is 362. The average molecular weight is 235 g/mol. The summed E-state index contributed by atoms with van der Waals surface area (Å²) in [7, 11) is 4.11. The lowest BCUT2D eigenvalue weighted by molar-refractivity contribution is 0.423. The molecule has 3 nitrogen and oxygen atoms in total. The summed E-state index contributed by atoms with van der Waals surface area (Å²) in [5, 5.41) is 7.90. The first-order chi connectivity index (χ1) is 8.24. The number of likely N-dealkylation sites (N-methyl/N-ethyl adjacent to an activating group) is 1. The minimum absolute atomic E-state index is 0.754. The molecule has 1 fully saturated rings. The highest BCUT2D eigenvalue weighted by Crippen LogP contribution is 2.34. The number of rotatable bonds is 4. The average Bonchev–Trinajstić information content (AvgIpc) is 2.63. The third-order valence-electron chi connectivity index (χ3n) is 4.04. The molecule has 1 aliphatic rings. The van der Waals surface area contributed by atoms with Crippen LogP contribution in [-0.4, -0.2) is 23.4 Å². The molecule has 0 atom stereocenters. The van der Waals surface area contributed by atoms with Crippen LogP contribution in [-0.2, 0) is 13.5 Å². The molecule has 17 heavy (non-hydrogen) atoms. The maximum Gasteiger partial charge on any atom is 0.0669 e. The van der Waals surface area contributed by atoms with E-state index in [0.717, 1.165) is 18.9 Å². The van der Waals surface area contributed by atoms with Crippen LogP contribution in [0, 0.1) is 6.92 Å². The molecule has 1 heterocycles. The second kappa shape index (κ2) is 5.67. The molecule has 1 saturated carbocycles. The van der Waals surface area contributed by atoms with Gasteiger partial charge in [0.25, 0.3) is 0 Å². The second-order valence-electron chi connectivity index (χ2n) is 5.27. The molecule has 0 amide bonds. The number of nitrogens with zero attached hydrogens (tertiary/aromatic N) is 2. The minimum Gasteiger partial charge on any atom is -0.319 e. The Morgan fingerprint density at radius 2 is 2.00 bits per heavy atom. The van der Waals surface area contributed by atoms with E-state index >= 15 is 0 Å². The number of aromatic nitrogens is 2. The van der Waals surface area contributed by atoms with Gasteiger partial charge < -0.3 is 5.32 Å². The van der Waals surface area contributed by atoms with Gasteiger partial charge in [-0.15, -0.1) is 0 Å². The predicted molar refractivity (Wildman–Crippen MR) is 71.4 cm³/mol. The molecule has 0 aliphatic heterocycles. The Kier molecular flexibility index (Phi) is 4.21. The fourth-order valence-corrected chi connectivity index (χ4v) is 3.13. The molecule has 1 N–H and O–H groups in total. The molecule has 96 valence electrons. The fraction of sp³-hybridized carbons (Fsp3) is 0.786. The number of aryl methyl sites for hydroxylation is 1. The van der Waals surface area contributed by atoms with E-state index in [1.165, 1.54) is 49.1 Å². The summed E-state index contributed by atoms with van der Waals surface area (Å²) in [6.45, 7) is 3.27. The quantitative estimate of drug-likeness (QED) is 0.869. The lowest BCUT2D eigenvalue weighted by Crippen LogP contribution is -2.11. The van der Waals surface area contributed by atoms with Gasteiger partial charge in [-0.2, -0.15) is 5.10 Å². The van der Waals surface area contributed by atoms with Crippen molar-refractivity contribution in [2.45, 2.75) is 51.4 Å². The van der Waals surface area contributed by atoms with Gasteiger partial charge in [0, 0.05) is 31.6 Å². The van der Waals surface area contributed by atoms with Crippen molar-refractivity contribution >= 4 is 0 Å². The van der Waals surface area contributed by atoms with Gasteiger partial charge >= 0.3 is 0 Å². The van der Waals surface area contributed by atoms with Crippen LogP contribution in [0.1, 0.15) is 55.0 Å². The summed E-state index contributed by atoms with van der Waals surface area (Å²) in [4.78, 5) is 0. The van der Waals surface area contributed by atoms with E-state index in [4.69, 9.17) is 5.10 Å². The predicted octanol–water partition coefficient (Wildman–Crippen LogP) is 2.54. The largest absolute Gasteiger partial charge is 0.319 e. The second-order valence-corrected chi connectivity index (χ2v) is 5.27. The Balaban J connectivity index is 2.17. The van der Waals surface area contributed by atoms with Gasteiger partial charge in [0.15, 0.2) is 0 Å². The molecule has 2 rings (SSSR count). The Morgan fingerprint density at radius 1 is 1.29 bits per heavy atom. The van der Waals surface area contributed by atoms with Gasteiger partial charge in [-0.25, -0.2) is 0 Å². The van der Waals surface area contributed by atoms with Crippen LogP contribution in [0.25, 0.3) is 0 Å². The fourth-order valence-electron chi connectivity index (χ4n) is 3.13. The van der Waals surface area contributed by atoms with Crippen molar-refractivity contribution in [3.63, 3.8) is 0 Å². The van der Waals surface area contributed by atoms with Gasteiger partial charge in [0.05, 0.1) is 5.69 Å². The molecule has 0 aromatic carbocycles. The van der Waals surface area contributed by atoms with Crippen molar-refractivity contribution in [1.29, 1.82) is 0 Å². The van der Waals surface area contributed by atoms with Gasteiger partial charge in [0.2, 0.25) is 0 Å². The topological polar surface area (TPSA) is 29.9 Å². The zero-order chi connectivity index (χ0) is 12.3. The summed E-state index contributed by atoms with van der Waals surface area (Å²) in [5.41, 5.74) is 4.22. The van der Waals surface area contributed by atoms with Crippen LogP contribution in [0.15, 0.2) is 0 Å². The van der Waals surface area contributed by atoms with E-state index in [0.29, 0.717) is 0 Å². The van der Waals surface area contributed by atoms with E-state index in [2.05, 4.69) is 24.0 Å². The molecule has 0 saturated heterocycles. The number of hydrogen-bond acceptors (Lipinski definition) is 2. The standard InChI is InChI=1S/C14H25N3/c1-11-13(9-10-15-2)16-17(3)14(11)12-7-5-4-6-8-12/h12,15H,4-10H2,1-3H3. The van der Waals surface area contributed by atoms with Crippen LogP contribution in [0.4, 0.5) is 0 Å². The molecule has 1 aliphatic carbocycles. The molecule has 0 radical (unpaired) electrons. The molecule has 1 aromatic heterocycles. The Morgan fingerprint density at radius 3 is 2.65 bits per heavy atom. The zero-order valence-electron chi connectivity index (χ0n) is 11.4. The molecule has 0 unspecified atom stereocenters. The highest BCUT2D eigenvalue weighted by atomic mass is 15.3. The summed E-state index contributed by atoms with van der Waals surface area (Å²) in [6, 6.07) is 0. The summed E-state index contributed by atoms with van der Waals surface area (Å²) < 4.78 is 2.14. The molecule has 0 bridgehead atoms. The van der Waals surface area contributed by atoms with Crippen LogP contribution in [0.2, 0.25) is 0 Å². The first-order valence-corrected chi connectivity index (χ1v) is 6.91. The third-order valence-corrected chi connectivity index (χ3v) is 4.04. The van der Waals surface area contributed by atoms with Gasteiger partial charge in [-0.05, 0) is 32.4 Å². The molecular formula is C14H25N3. The third kappa shape index (κ3) is 2.71. The van der Waals surface area contributed by atoms with E-state index in [-0.39, 0.29) is 0 Å². The van der Waals surface area contributed by atoms with Crippen molar-refractivity contribution in [3.8, 4) is 0 Å². The van der Waals surface area contributed by atoms with Crippen molar-refractivity contribution in [1.82, 2.24) is 15.1 Å². The maximum absolute atomic E-state index is 4.70. The lowest BCUT2D eigenvalue weighted by atomic mass is 9.85. The monoisotopic (exact) mass is 235 g/mol. The van der Waals surface area contributed by atoms with Crippen LogP contribution >= 0.6 is 0 Å². The first-order valence-electron chi connectivity index (χ1n) is 6.91. The van der Waals surface area contributed by atoms with Crippen LogP contribution < -0.4 is 5.32 Å². The zero-order valence-corrected chi connectivity index (χ0v) is 11.4. The van der Waals surface area contributed by atoms with E-state index in [9.17, 15) is 0 Å². The Labute approximate surface area is 105 Å². The van der Waals surface area contributed by atoms with Crippen molar-refractivity contribution in [3.05, 3.63) is 17.0 Å². The Hall–Kier alpha value is -0.830. The molecular weight excluding hydrogens is 210 g/mol. The maximum atomic E-state index is 4.70. The normalized spacial score (nSPS) is 17.6. The van der Waals surface area contributed by atoms with Crippen LogP contribution in [0.3, 0.4) is 0 Å². The highest BCUT2D eigenvalue weighted by Gasteiger charge is 2.22. The van der Waals surface area contributed by atoms with Crippen molar-refractivity contribution < 1.29 is 0 Å². The van der Waals surface area contributed by atoms with Gasteiger partial charge in [0.1, 0.15) is 0 Å². The SMILES string of the molecule is CNCCc1nn(C)c(C2CCCCC2)c1C. The van der Waals surface area contributed by atoms with E-state index in [1.54, 1.807) is 0 Å². The molecule has 3 heteroatoms. The summed E-state index contributed by atoms with van der Waals surface area (Å²) in [6.07, 6.45) is 7.95. The molecule has 0 spiro atoms. The van der Waals surface area contributed by atoms with Gasteiger partial charge in [-0.3, -0.25) is 4.68 Å². The van der Waals surface area contributed by atoms with Crippen LogP contribution in [0.5, 0.6) is 0 Å². The summed E-state index contributed by atoms with van der Waals surface area (Å²) >= 11 is 0. The van der Waals surface area contributed by atoms with Crippen molar-refractivity contribution in [2.75, 3.05) is 13.6 Å². The van der Waals surface area contributed by atoms with E-state index < -0.39 is 0 Å².